The normalized spacial score (nSPS) is 36.7. The molecule has 0 amide bonds. The maximum atomic E-state index is 12.4. The molecule has 54 valence electrons. The van der Waals surface area contributed by atoms with Gasteiger partial charge in [-0.1, -0.05) is 0 Å². The lowest BCUT2D eigenvalue weighted by Crippen LogP contribution is -2.19. The van der Waals surface area contributed by atoms with Crippen molar-refractivity contribution in [1.82, 2.24) is 0 Å². The van der Waals surface area contributed by atoms with E-state index >= 15 is 0 Å². The fraction of sp³-hybridized carbons (Fsp3) is 1.00. The van der Waals surface area contributed by atoms with Gasteiger partial charge in [0, 0.05) is 0 Å². The molecule has 0 bridgehead atoms. The number of hydrogen-bond acceptors (Lipinski definition) is 3. The second-order valence-electron chi connectivity index (χ2n) is 1.80. The Morgan fingerprint density at radius 1 is 1.67 bits per heavy atom. The highest BCUT2D eigenvalue weighted by Gasteiger charge is 2.28. The Bertz CT molecular complexity index is 91.9. The second-order valence-corrected chi connectivity index (χ2v) is 2.22. The smallest absolute Gasteiger partial charge is 0.152 e. The minimum Gasteiger partial charge on any atom is -0.375 e. The van der Waals surface area contributed by atoms with Gasteiger partial charge in [-0.15, -0.1) is 0 Å². The molecule has 0 aromatic carbocycles. The second kappa shape index (κ2) is 3.42. The molecule has 0 aromatic rings. The summed E-state index contributed by atoms with van der Waals surface area (Å²) in [5, 5.41) is 0. The monoisotopic (exact) mass is 154 g/mol. The van der Waals surface area contributed by atoms with Crippen molar-refractivity contribution in [3.8, 4) is 0 Å². The summed E-state index contributed by atoms with van der Waals surface area (Å²) in [6.45, 7) is 0.351. The molecule has 1 aliphatic heterocycles. The lowest BCUT2D eigenvalue weighted by atomic mass is 10.3. The number of rotatable bonds is 2. The van der Waals surface area contributed by atoms with Crippen LogP contribution >= 0.6 is 9.03 Å². The van der Waals surface area contributed by atoms with Crippen molar-refractivity contribution >= 4 is 9.03 Å². The van der Waals surface area contributed by atoms with Crippen LogP contribution in [0.25, 0.3) is 0 Å². The Hall–Kier alpha value is 0.240. The Labute approximate surface area is 54.1 Å². The molecule has 3 nitrogen and oxygen atoms in total. The molecule has 1 N–H and O–H groups in total. The van der Waals surface area contributed by atoms with Crippen LogP contribution < -0.4 is 0 Å². The van der Waals surface area contributed by atoms with Crippen molar-refractivity contribution in [2.45, 2.75) is 12.3 Å². The maximum Gasteiger partial charge on any atom is 0.152 e. The van der Waals surface area contributed by atoms with Crippen LogP contribution in [0, 0.1) is 0 Å². The third-order valence-corrected chi connectivity index (χ3v) is 1.57. The predicted molar refractivity (Wildman–Crippen MR) is 31.1 cm³/mol. The SMILES string of the molecule is OPOC1COCC1F. The van der Waals surface area contributed by atoms with E-state index in [0.717, 1.165) is 0 Å². The molecule has 3 atom stereocenters. The Kier molecular flexibility index (Phi) is 2.79. The Morgan fingerprint density at radius 3 is 2.89 bits per heavy atom. The van der Waals surface area contributed by atoms with Gasteiger partial charge in [0.1, 0.15) is 6.10 Å². The largest absolute Gasteiger partial charge is 0.375 e. The molecular weight excluding hydrogens is 146 g/mol. The summed E-state index contributed by atoms with van der Waals surface area (Å²) in [6, 6.07) is 0. The van der Waals surface area contributed by atoms with E-state index < -0.39 is 21.3 Å². The van der Waals surface area contributed by atoms with E-state index in [4.69, 9.17) is 9.63 Å². The summed E-state index contributed by atoms with van der Waals surface area (Å²) >= 11 is 0. The van der Waals surface area contributed by atoms with Crippen LogP contribution in [0.15, 0.2) is 0 Å². The van der Waals surface area contributed by atoms with Crippen molar-refractivity contribution in [3.63, 3.8) is 0 Å². The van der Waals surface area contributed by atoms with Crippen molar-refractivity contribution in [3.05, 3.63) is 0 Å². The van der Waals surface area contributed by atoms with E-state index in [-0.39, 0.29) is 13.2 Å². The fourth-order valence-electron chi connectivity index (χ4n) is 0.684. The molecule has 1 aliphatic rings. The molecule has 5 heteroatoms. The molecule has 0 saturated carbocycles. The van der Waals surface area contributed by atoms with Crippen LogP contribution in [-0.4, -0.2) is 30.4 Å². The minimum atomic E-state index is -1.07. The zero-order valence-corrected chi connectivity index (χ0v) is 5.71. The summed E-state index contributed by atoms with van der Waals surface area (Å²) < 4.78 is 21.7. The summed E-state index contributed by atoms with van der Waals surface area (Å²) in [4.78, 5) is 8.23. The summed E-state index contributed by atoms with van der Waals surface area (Å²) in [5.41, 5.74) is 0. The molecule has 0 radical (unpaired) electrons. The molecule has 0 spiro atoms. The molecule has 1 heterocycles. The van der Waals surface area contributed by atoms with Gasteiger partial charge in [-0.3, -0.25) is 0 Å². The van der Waals surface area contributed by atoms with Gasteiger partial charge in [0.2, 0.25) is 0 Å². The first-order chi connectivity index (χ1) is 4.34. The van der Waals surface area contributed by atoms with E-state index in [9.17, 15) is 4.39 Å². The van der Waals surface area contributed by atoms with Crippen LogP contribution in [0.2, 0.25) is 0 Å². The fourth-order valence-corrected chi connectivity index (χ4v) is 1.04. The standard InChI is InChI=1S/C4H8FO3P/c5-3-1-7-2-4(3)8-9-6/h3-4,6,9H,1-2H2. The molecule has 3 unspecified atom stereocenters. The molecular formula is C4H8FO3P. The summed E-state index contributed by atoms with van der Waals surface area (Å²) in [5.74, 6) is 0. The van der Waals surface area contributed by atoms with E-state index in [1.165, 1.54) is 0 Å². The first-order valence-electron chi connectivity index (χ1n) is 2.61. The van der Waals surface area contributed by atoms with Crippen LogP contribution in [0.1, 0.15) is 0 Å². The highest BCUT2D eigenvalue weighted by molar-refractivity contribution is 7.25. The Morgan fingerprint density at radius 2 is 2.44 bits per heavy atom. The van der Waals surface area contributed by atoms with E-state index in [0.29, 0.717) is 0 Å². The van der Waals surface area contributed by atoms with Gasteiger partial charge >= 0.3 is 0 Å². The van der Waals surface area contributed by atoms with Crippen molar-refractivity contribution in [2.24, 2.45) is 0 Å². The zero-order valence-electron chi connectivity index (χ0n) is 4.71. The minimum absolute atomic E-state index is 0.0924. The van der Waals surface area contributed by atoms with Crippen LogP contribution in [0.3, 0.4) is 0 Å². The van der Waals surface area contributed by atoms with Crippen molar-refractivity contribution in [1.29, 1.82) is 0 Å². The average Bonchev–Trinajstić information content (AvgIpc) is 2.18. The topological polar surface area (TPSA) is 38.7 Å². The molecule has 0 aliphatic carbocycles. The first kappa shape index (κ1) is 7.35. The number of ether oxygens (including phenoxy) is 1. The van der Waals surface area contributed by atoms with E-state index in [1.54, 1.807) is 0 Å². The first-order valence-corrected chi connectivity index (χ1v) is 3.46. The average molecular weight is 154 g/mol. The van der Waals surface area contributed by atoms with Gasteiger partial charge in [-0.25, -0.2) is 4.39 Å². The van der Waals surface area contributed by atoms with Crippen LogP contribution in [0.5, 0.6) is 0 Å². The molecule has 1 fully saturated rings. The maximum absolute atomic E-state index is 12.4. The third-order valence-electron chi connectivity index (χ3n) is 1.17. The van der Waals surface area contributed by atoms with Gasteiger partial charge in [-0.05, 0) is 0 Å². The van der Waals surface area contributed by atoms with Gasteiger partial charge < -0.3 is 14.2 Å². The summed E-state index contributed by atoms with van der Waals surface area (Å²) in [7, 11) is -0.642. The number of halogens is 1. The molecule has 1 saturated heterocycles. The zero-order chi connectivity index (χ0) is 6.69. The lowest BCUT2D eigenvalue weighted by molar-refractivity contribution is 0.136. The molecule has 9 heavy (non-hydrogen) atoms. The van der Waals surface area contributed by atoms with Crippen LogP contribution in [-0.2, 0) is 9.26 Å². The van der Waals surface area contributed by atoms with Crippen molar-refractivity contribution < 1.29 is 18.5 Å². The molecule has 1 rings (SSSR count). The van der Waals surface area contributed by atoms with Gasteiger partial charge in [0.25, 0.3) is 0 Å². The summed E-state index contributed by atoms with van der Waals surface area (Å²) in [6.07, 6.45) is -1.61. The predicted octanol–water partition coefficient (Wildman–Crippen LogP) is 0.241. The Balaban J connectivity index is 2.22. The van der Waals surface area contributed by atoms with Gasteiger partial charge in [0.05, 0.1) is 13.2 Å². The number of alkyl halides is 1. The van der Waals surface area contributed by atoms with Crippen molar-refractivity contribution in [2.75, 3.05) is 13.2 Å². The van der Waals surface area contributed by atoms with E-state index in [1.807, 2.05) is 0 Å². The number of hydrogen-bond donors (Lipinski definition) is 1. The van der Waals surface area contributed by atoms with E-state index in [2.05, 4.69) is 4.52 Å². The quantitative estimate of drug-likeness (QED) is 0.579. The highest BCUT2D eigenvalue weighted by Crippen LogP contribution is 2.19. The van der Waals surface area contributed by atoms with Gasteiger partial charge in [0.15, 0.2) is 15.2 Å². The molecule has 0 aromatic heterocycles. The van der Waals surface area contributed by atoms with Crippen LogP contribution in [0.4, 0.5) is 4.39 Å². The lowest BCUT2D eigenvalue weighted by Gasteiger charge is -2.07. The van der Waals surface area contributed by atoms with Gasteiger partial charge in [-0.2, -0.15) is 0 Å². The third kappa shape index (κ3) is 1.83. The highest BCUT2D eigenvalue weighted by atomic mass is 31.1.